The normalized spacial score (nSPS) is 13.1. The van der Waals surface area contributed by atoms with E-state index in [1.54, 1.807) is 0 Å². The van der Waals surface area contributed by atoms with E-state index >= 15 is 0 Å². The molecule has 0 atom stereocenters. The molecule has 0 bridgehead atoms. The molecule has 96 valence electrons. The fourth-order valence-corrected chi connectivity index (χ4v) is 1.85. The van der Waals surface area contributed by atoms with Crippen LogP contribution in [0, 0.1) is 0 Å². The minimum absolute atomic E-state index is 0.260. The molecule has 1 rings (SSSR count). The molecule has 17 heavy (non-hydrogen) atoms. The van der Waals surface area contributed by atoms with Crippen LogP contribution in [0.15, 0.2) is 17.3 Å². The Hall–Kier alpha value is -1.29. The number of primary sulfonamides is 1. The van der Waals surface area contributed by atoms with Gasteiger partial charge in [0.1, 0.15) is 0 Å². The monoisotopic (exact) mass is 276 g/mol. The largest absolute Gasteiger partial charge is 0.417 e. The maximum atomic E-state index is 12.5. The third-order valence-corrected chi connectivity index (χ3v) is 2.61. The molecule has 1 heterocycles. The molecular formula is C7H5F5N2O2S. The van der Waals surface area contributed by atoms with E-state index < -0.39 is 38.8 Å². The lowest BCUT2D eigenvalue weighted by atomic mass is 10.1. The molecule has 0 amide bonds. The summed E-state index contributed by atoms with van der Waals surface area (Å²) in [5, 5.41) is 3.05. The lowest BCUT2D eigenvalue weighted by molar-refractivity contribution is -0.139. The predicted octanol–water partition coefficient (Wildman–Crippen LogP) is 1.69. The summed E-state index contributed by atoms with van der Waals surface area (Å²) < 4.78 is 83.8. The van der Waals surface area contributed by atoms with Crippen LogP contribution in [0.4, 0.5) is 22.0 Å². The van der Waals surface area contributed by atoms with E-state index in [-0.39, 0.29) is 6.07 Å². The number of halogens is 5. The summed E-state index contributed by atoms with van der Waals surface area (Å²) in [7, 11) is -4.75. The second-order valence-electron chi connectivity index (χ2n) is 2.92. The highest BCUT2D eigenvalue weighted by Crippen LogP contribution is 2.38. The Labute approximate surface area is 92.3 Å². The van der Waals surface area contributed by atoms with Gasteiger partial charge in [0.25, 0.3) is 16.4 Å². The molecule has 1 aromatic rings. The molecule has 0 aliphatic heterocycles. The van der Waals surface area contributed by atoms with Gasteiger partial charge in [-0.15, -0.1) is 0 Å². The number of pyridine rings is 1. The van der Waals surface area contributed by atoms with Gasteiger partial charge >= 0.3 is 6.18 Å². The Morgan fingerprint density at radius 3 is 2.18 bits per heavy atom. The first-order valence-corrected chi connectivity index (χ1v) is 5.47. The zero-order valence-corrected chi connectivity index (χ0v) is 8.69. The van der Waals surface area contributed by atoms with Gasteiger partial charge in [-0.25, -0.2) is 27.3 Å². The molecule has 10 heteroatoms. The van der Waals surface area contributed by atoms with Crippen molar-refractivity contribution in [2.45, 2.75) is 17.6 Å². The van der Waals surface area contributed by atoms with Gasteiger partial charge in [-0.3, -0.25) is 0 Å². The lowest BCUT2D eigenvalue weighted by Gasteiger charge is -2.14. The van der Waals surface area contributed by atoms with Crippen molar-refractivity contribution in [1.82, 2.24) is 4.98 Å². The molecule has 0 radical (unpaired) electrons. The van der Waals surface area contributed by atoms with Crippen LogP contribution in [0.1, 0.15) is 17.6 Å². The van der Waals surface area contributed by atoms with Gasteiger partial charge in [-0.2, -0.15) is 13.2 Å². The number of rotatable bonds is 2. The van der Waals surface area contributed by atoms with E-state index in [2.05, 4.69) is 10.1 Å². The van der Waals surface area contributed by atoms with Gasteiger partial charge in [0, 0.05) is 6.20 Å². The number of hydrogen-bond acceptors (Lipinski definition) is 3. The Bertz CT molecular complexity index is 526. The van der Waals surface area contributed by atoms with Crippen molar-refractivity contribution in [2.24, 2.45) is 5.14 Å². The summed E-state index contributed by atoms with van der Waals surface area (Å²) in [6.07, 6.45) is -8.32. The zero-order valence-electron chi connectivity index (χ0n) is 7.87. The predicted molar refractivity (Wildman–Crippen MR) is 45.6 cm³/mol. The summed E-state index contributed by atoms with van der Waals surface area (Å²) in [6, 6.07) is 0.260. The standard InChI is InChI=1S/C7H5F5N2O2S/c8-5(9)4-3(7(10,11)12)1-2-14-6(4)17(13,15)16/h1-2,5H,(H2,13,15,16). The number of nitrogens with two attached hydrogens (primary N) is 1. The highest BCUT2D eigenvalue weighted by Gasteiger charge is 2.39. The maximum Gasteiger partial charge on any atom is 0.417 e. The molecule has 1 aromatic heterocycles. The Morgan fingerprint density at radius 2 is 1.82 bits per heavy atom. The zero-order chi connectivity index (χ0) is 13.4. The second kappa shape index (κ2) is 4.18. The molecule has 0 aliphatic rings. The summed E-state index contributed by atoms with van der Waals surface area (Å²) >= 11 is 0. The van der Waals surface area contributed by atoms with Crippen LogP contribution in [0.25, 0.3) is 0 Å². The van der Waals surface area contributed by atoms with Crippen molar-refractivity contribution in [1.29, 1.82) is 0 Å². The highest BCUT2D eigenvalue weighted by molar-refractivity contribution is 7.89. The minimum Gasteiger partial charge on any atom is -0.243 e. The van der Waals surface area contributed by atoms with Gasteiger partial charge in [0.05, 0.1) is 11.1 Å². The van der Waals surface area contributed by atoms with Gasteiger partial charge in [0.2, 0.25) is 0 Å². The van der Waals surface area contributed by atoms with E-state index in [0.29, 0.717) is 6.20 Å². The summed E-state index contributed by atoms with van der Waals surface area (Å²) in [4.78, 5) is 2.95. The van der Waals surface area contributed by atoms with E-state index in [1.807, 2.05) is 0 Å². The molecule has 0 unspecified atom stereocenters. The first kappa shape index (κ1) is 13.8. The third-order valence-electron chi connectivity index (χ3n) is 1.75. The topological polar surface area (TPSA) is 73.1 Å². The molecule has 0 aliphatic carbocycles. The first-order valence-electron chi connectivity index (χ1n) is 3.92. The molecule has 2 N–H and O–H groups in total. The van der Waals surface area contributed by atoms with Gasteiger partial charge in [-0.05, 0) is 6.07 Å². The van der Waals surface area contributed by atoms with Crippen LogP contribution < -0.4 is 5.14 Å². The minimum atomic E-state index is -5.12. The SMILES string of the molecule is NS(=O)(=O)c1nccc(C(F)(F)F)c1C(F)F. The number of nitrogens with zero attached hydrogens (tertiary/aromatic N) is 1. The van der Waals surface area contributed by atoms with E-state index in [4.69, 9.17) is 0 Å². The molecule has 0 saturated heterocycles. The van der Waals surface area contributed by atoms with Crippen molar-refractivity contribution >= 4 is 10.0 Å². The van der Waals surface area contributed by atoms with Crippen LogP contribution in [-0.2, 0) is 16.2 Å². The van der Waals surface area contributed by atoms with Crippen molar-refractivity contribution in [3.63, 3.8) is 0 Å². The lowest BCUT2D eigenvalue weighted by Crippen LogP contribution is -2.20. The fourth-order valence-electron chi connectivity index (χ4n) is 1.14. The quantitative estimate of drug-likeness (QED) is 0.835. The van der Waals surface area contributed by atoms with E-state index in [9.17, 15) is 30.4 Å². The summed E-state index contributed by atoms with van der Waals surface area (Å²) in [5.41, 5.74) is -3.51. The Balaban J connectivity index is 3.67. The smallest absolute Gasteiger partial charge is 0.243 e. The second-order valence-corrected chi connectivity index (χ2v) is 4.40. The first-order chi connectivity index (χ1) is 7.55. The van der Waals surface area contributed by atoms with Crippen molar-refractivity contribution in [2.75, 3.05) is 0 Å². The van der Waals surface area contributed by atoms with Gasteiger partial charge < -0.3 is 0 Å². The summed E-state index contributed by atoms with van der Waals surface area (Å²) in [6.45, 7) is 0. The van der Waals surface area contributed by atoms with Gasteiger partial charge in [-0.1, -0.05) is 0 Å². The Morgan fingerprint density at radius 1 is 1.29 bits per heavy atom. The van der Waals surface area contributed by atoms with Gasteiger partial charge in [0.15, 0.2) is 5.03 Å². The number of sulfonamides is 1. The van der Waals surface area contributed by atoms with Crippen LogP contribution in [0.3, 0.4) is 0 Å². The highest BCUT2D eigenvalue weighted by atomic mass is 32.2. The number of hydrogen-bond donors (Lipinski definition) is 1. The fraction of sp³-hybridized carbons (Fsp3) is 0.286. The van der Waals surface area contributed by atoms with Crippen LogP contribution in [-0.4, -0.2) is 13.4 Å². The van der Waals surface area contributed by atoms with E-state index in [0.717, 1.165) is 0 Å². The van der Waals surface area contributed by atoms with Crippen LogP contribution in [0.2, 0.25) is 0 Å². The summed E-state index contributed by atoms with van der Waals surface area (Å²) in [5.74, 6) is 0. The number of alkyl halides is 5. The molecular weight excluding hydrogens is 271 g/mol. The maximum absolute atomic E-state index is 12.5. The van der Waals surface area contributed by atoms with Crippen LogP contribution in [0.5, 0.6) is 0 Å². The van der Waals surface area contributed by atoms with Crippen molar-refractivity contribution < 1.29 is 30.4 Å². The Kier molecular flexibility index (Phi) is 3.39. The molecule has 0 aromatic carbocycles. The molecule has 4 nitrogen and oxygen atoms in total. The van der Waals surface area contributed by atoms with Crippen molar-refractivity contribution in [3.05, 3.63) is 23.4 Å². The molecule has 0 fully saturated rings. The number of aromatic nitrogens is 1. The van der Waals surface area contributed by atoms with Crippen molar-refractivity contribution in [3.8, 4) is 0 Å². The van der Waals surface area contributed by atoms with Crippen LogP contribution >= 0.6 is 0 Å². The molecule has 0 saturated carbocycles. The van der Waals surface area contributed by atoms with E-state index in [1.165, 1.54) is 0 Å². The average Bonchev–Trinajstić information content (AvgIpc) is 2.13. The molecule has 0 spiro atoms. The third kappa shape index (κ3) is 2.88. The average molecular weight is 276 g/mol.